The molecule has 1 aliphatic rings. The van der Waals surface area contributed by atoms with Gasteiger partial charge in [-0.3, -0.25) is 4.90 Å². The number of ether oxygens (including phenoxy) is 2. The maximum atomic E-state index is 13.1. The number of rotatable bonds is 8. The first-order chi connectivity index (χ1) is 14.4. The zero-order valence-corrected chi connectivity index (χ0v) is 17.9. The normalized spacial score (nSPS) is 14.7. The van der Waals surface area contributed by atoms with Crippen molar-refractivity contribution in [2.24, 2.45) is 5.92 Å². The van der Waals surface area contributed by atoms with Crippen LogP contribution in [0.2, 0.25) is 0 Å². The van der Waals surface area contributed by atoms with E-state index in [4.69, 9.17) is 9.47 Å². The van der Waals surface area contributed by atoms with Crippen LogP contribution in [0.5, 0.6) is 0 Å². The van der Waals surface area contributed by atoms with Gasteiger partial charge in [0.25, 0.3) is 0 Å². The fourth-order valence-electron chi connectivity index (χ4n) is 4.45. The van der Waals surface area contributed by atoms with Crippen LogP contribution in [0.3, 0.4) is 0 Å². The van der Waals surface area contributed by atoms with Crippen LogP contribution in [-0.4, -0.2) is 54.5 Å². The molecular weight excluding hydrogens is 382 g/mol. The zero-order chi connectivity index (χ0) is 21.9. The second-order valence-corrected chi connectivity index (χ2v) is 7.87. The number of carboxylic acids is 1. The highest BCUT2D eigenvalue weighted by Gasteiger charge is 2.50. The highest BCUT2D eigenvalue weighted by molar-refractivity contribution is 5.85. The van der Waals surface area contributed by atoms with Crippen molar-refractivity contribution in [1.82, 2.24) is 4.90 Å². The third-order valence-corrected chi connectivity index (χ3v) is 6.04. The van der Waals surface area contributed by atoms with E-state index in [0.29, 0.717) is 0 Å². The molecule has 2 aromatic carbocycles. The van der Waals surface area contributed by atoms with Gasteiger partial charge < -0.3 is 14.6 Å². The summed E-state index contributed by atoms with van der Waals surface area (Å²) < 4.78 is 10.9. The molecule has 0 radical (unpaired) electrons. The Morgan fingerprint density at radius 1 is 1.07 bits per heavy atom. The summed E-state index contributed by atoms with van der Waals surface area (Å²) in [6.07, 6.45) is -0.646. The Balaban J connectivity index is 1.86. The minimum atomic E-state index is -1.49. The summed E-state index contributed by atoms with van der Waals surface area (Å²) in [5.41, 5.74) is 3.01. The van der Waals surface area contributed by atoms with Crippen molar-refractivity contribution in [1.29, 1.82) is 0 Å². The molecule has 1 unspecified atom stereocenters. The van der Waals surface area contributed by atoms with Crippen LogP contribution in [-0.2, 0) is 14.3 Å². The van der Waals surface area contributed by atoms with Gasteiger partial charge in [-0.1, -0.05) is 62.4 Å². The van der Waals surface area contributed by atoms with E-state index in [1.54, 1.807) is 20.8 Å². The molecule has 1 N–H and O–H groups in total. The van der Waals surface area contributed by atoms with Gasteiger partial charge in [0.1, 0.15) is 6.61 Å². The Bertz CT molecular complexity index is 880. The van der Waals surface area contributed by atoms with Gasteiger partial charge in [-0.25, -0.2) is 9.59 Å². The van der Waals surface area contributed by atoms with E-state index in [-0.39, 0.29) is 31.6 Å². The Morgan fingerprint density at radius 2 is 1.60 bits per heavy atom. The summed E-state index contributed by atoms with van der Waals surface area (Å²) in [7, 11) is 1.44. The number of amides is 1. The van der Waals surface area contributed by atoms with Crippen molar-refractivity contribution in [2.75, 3.05) is 26.9 Å². The third-order valence-electron chi connectivity index (χ3n) is 6.04. The van der Waals surface area contributed by atoms with Crippen molar-refractivity contribution in [2.45, 2.75) is 32.2 Å². The van der Waals surface area contributed by atoms with Crippen molar-refractivity contribution >= 4 is 12.1 Å². The van der Waals surface area contributed by atoms with Crippen LogP contribution < -0.4 is 0 Å². The maximum absolute atomic E-state index is 13.1. The van der Waals surface area contributed by atoms with Gasteiger partial charge in [0, 0.05) is 19.6 Å². The lowest BCUT2D eigenvalue weighted by molar-refractivity contribution is -0.158. The third kappa shape index (κ3) is 3.56. The van der Waals surface area contributed by atoms with Gasteiger partial charge in [0.15, 0.2) is 5.54 Å². The highest BCUT2D eigenvalue weighted by Crippen LogP contribution is 2.44. The smallest absolute Gasteiger partial charge is 0.410 e. The molecule has 0 bridgehead atoms. The molecule has 0 saturated heterocycles. The number of fused-ring (bicyclic) bond motifs is 3. The molecule has 30 heavy (non-hydrogen) atoms. The zero-order valence-electron chi connectivity index (χ0n) is 17.9. The fourth-order valence-corrected chi connectivity index (χ4v) is 4.45. The van der Waals surface area contributed by atoms with Crippen molar-refractivity contribution < 1.29 is 24.2 Å². The minimum Gasteiger partial charge on any atom is -0.479 e. The average molecular weight is 411 g/mol. The number of carbonyl (C=O) groups is 2. The van der Waals surface area contributed by atoms with E-state index in [2.05, 4.69) is 12.1 Å². The van der Waals surface area contributed by atoms with E-state index < -0.39 is 17.6 Å². The van der Waals surface area contributed by atoms with E-state index in [0.717, 1.165) is 22.3 Å². The van der Waals surface area contributed by atoms with Gasteiger partial charge in [0.05, 0.1) is 6.61 Å². The standard InChI is InChI=1S/C24H29NO5/c1-5-25(24(15-29-4,16(2)3)22(26)27)23(28)30-14-21-19-12-8-6-10-17(19)18-11-7-9-13-20(18)21/h6-13,16,21H,5,14-15H2,1-4H3,(H,26,27). The Labute approximate surface area is 177 Å². The average Bonchev–Trinajstić information content (AvgIpc) is 3.05. The van der Waals surface area contributed by atoms with E-state index in [1.165, 1.54) is 12.0 Å². The van der Waals surface area contributed by atoms with Gasteiger partial charge >= 0.3 is 12.1 Å². The summed E-state index contributed by atoms with van der Waals surface area (Å²) in [5.74, 6) is -1.55. The molecule has 1 amide bonds. The van der Waals surface area contributed by atoms with Crippen molar-refractivity contribution in [3.63, 3.8) is 0 Å². The van der Waals surface area contributed by atoms with Crippen LogP contribution >= 0.6 is 0 Å². The van der Waals surface area contributed by atoms with Gasteiger partial charge in [-0.15, -0.1) is 0 Å². The number of aliphatic carboxylic acids is 1. The molecule has 1 atom stereocenters. The van der Waals surface area contributed by atoms with Crippen molar-refractivity contribution in [3.8, 4) is 11.1 Å². The fraction of sp³-hybridized carbons (Fsp3) is 0.417. The van der Waals surface area contributed by atoms with Gasteiger partial charge in [-0.05, 0) is 35.1 Å². The SMILES string of the molecule is CCN(C(=O)OCC1c2ccccc2-c2ccccc21)C(COC)(C(=O)O)C(C)C. The molecule has 0 saturated carbocycles. The van der Waals surface area contributed by atoms with Gasteiger partial charge in [0.2, 0.25) is 0 Å². The van der Waals surface area contributed by atoms with Crippen LogP contribution in [0.15, 0.2) is 48.5 Å². The topological polar surface area (TPSA) is 76.1 Å². The van der Waals surface area contributed by atoms with Crippen molar-refractivity contribution in [3.05, 3.63) is 59.7 Å². The highest BCUT2D eigenvalue weighted by atomic mass is 16.6. The molecule has 0 spiro atoms. The number of benzene rings is 2. The summed E-state index contributed by atoms with van der Waals surface area (Å²) in [6, 6.07) is 16.2. The minimum absolute atomic E-state index is 0.0826. The summed E-state index contributed by atoms with van der Waals surface area (Å²) >= 11 is 0. The van der Waals surface area contributed by atoms with Crippen LogP contribution in [0.4, 0.5) is 4.79 Å². The molecule has 160 valence electrons. The molecular formula is C24H29NO5. The number of hydrogen-bond acceptors (Lipinski definition) is 4. The Kier molecular flexibility index (Phi) is 6.46. The quantitative estimate of drug-likeness (QED) is 0.697. The molecule has 0 fully saturated rings. The lowest BCUT2D eigenvalue weighted by Gasteiger charge is -2.41. The number of likely N-dealkylation sites (N-methyl/N-ethyl adjacent to an activating group) is 1. The molecule has 0 heterocycles. The number of carboxylic acid groups (broad SMARTS) is 1. The second kappa shape index (κ2) is 8.88. The number of nitrogens with zero attached hydrogens (tertiary/aromatic N) is 1. The van der Waals surface area contributed by atoms with E-state index in [1.807, 2.05) is 36.4 Å². The summed E-state index contributed by atoms with van der Waals surface area (Å²) in [6.45, 7) is 5.52. The molecule has 1 aliphatic carbocycles. The van der Waals surface area contributed by atoms with E-state index >= 15 is 0 Å². The van der Waals surface area contributed by atoms with Crippen LogP contribution in [0.25, 0.3) is 11.1 Å². The number of carbonyl (C=O) groups excluding carboxylic acids is 1. The molecule has 0 aromatic heterocycles. The lowest BCUT2D eigenvalue weighted by Crippen LogP contribution is -2.63. The predicted octanol–water partition coefficient (Wildman–Crippen LogP) is 4.38. The van der Waals surface area contributed by atoms with Crippen LogP contribution in [0, 0.1) is 5.92 Å². The Hall–Kier alpha value is -2.86. The van der Waals surface area contributed by atoms with Gasteiger partial charge in [-0.2, -0.15) is 0 Å². The van der Waals surface area contributed by atoms with E-state index in [9.17, 15) is 14.7 Å². The first-order valence-corrected chi connectivity index (χ1v) is 10.2. The molecule has 6 nitrogen and oxygen atoms in total. The Morgan fingerprint density at radius 3 is 2.03 bits per heavy atom. The summed E-state index contributed by atoms with van der Waals surface area (Å²) in [5, 5.41) is 9.99. The number of methoxy groups -OCH3 is 1. The maximum Gasteiger partial charge on any atom is 0.410 e. The molecule has 2 aromatic rings. The summed E-state index contributed by atoms with van der Waals surface area (Å²) in [4.78, 5) is 26.6. The molecule has 0 aliphatic heterocycles. The largest absolute Gasteiger partial charge is 0.479 e. The monoisotopic (exact) mass is 411 g/mol. The first kappa shape index (κ1) is 21.8. The first-order valence-electron chi connectivity index (χ1n) is 10.2. The van der Waals surface area contributed by atoms with Crippen LogP contribution in [0.1, 0.15) is 37.8 Å². The number of hydrogen-bond donors (Lipinski definition) is 1. The molecule has 3 rings (SSSR count). The molecule has 6 heteroatoms. The predicted molar refractivity (Wildman–Crippen MR) is 115 cm³/mol. The second-order valence-electron chi connectivity index (χ2n) is 7.87. The lowest BCUT2D eigenvalue weighted by atomic mass is 9.85.